The van der Waals surface area contributed by atoms with Crippen molar-refractivity contribution in [2.45, 2.75) is 46.1 Å². The van der Waals surface area contributed by atoms with Crippen LogP contribution < -0.4 is 4.90 Å². The number of anilines is 1. The summed E-state index contributed by atoms with van der Waals surface area (Å²) in [5.41, 5.74) is 1.65. The molecule has 0 atom stereocenters. The lowest BCUT2D eigenvalue weighted by molar-refractivity contribution is -0.132. The van der Waals surface area contributed by atoms with Crippen LogP contribution in [0.4, 0.5) is 14.6 Å². The lowest BCUT2D eigenvalue weighted by Gasteiger charge is -2.35. The molecule has 194 valence electrons. The van der Waals surface area contributed by atoms with Crippen molar-refractivity contribution >= 4 is 23.3 Å². The highest BCUT2D eigenvalue weighted by molar-refractivity contribution is 6.22. The highest BCUT2D eigenvalue weighted by Gasteiger charge is 2.27. The Morgan fingerprint density at radius 2 is 1.89 bits per heavy atom. The van der Waals surface area contributed by atoms with Crippen molar-refractivity contribution in [3.8, 4) is 0 Å². The summed E-state index contributed by atoms with van der Waals surface area (Å²) in [5, 5.41) is 0. The van der Waals surface area contributed by atoms with E-state index in [9.17, 15) is 23.2 Å². The van der Waals surface area contributed by atoms with Gasteiger partial charge in [-0.1, -0.05) is 6.07 Å². The molecule has 2 aromatic rings. The molecule has 1 aliphatic carbocycles. The number of carbonyl (C=O) groups is 3. The predicted molar refractivity (Wildman–Crippen MR) is 134 cm³/mol. The maximum absolute atomic E-state index is 14.4. The van der Waals surface area contributed by atoms with E-state index in [-0.39, 0.29) is 42.8 Å². The van der Waals surface area contributed by atoms with Gasteiger partial charge in [-0.05, 0) is 57.2 Å². The molecule has 1 aromatic carbocycles. The van der Waals surface area contributed by atoms with Gasteiger partial charge in [0.15, 0.2) is 11.6 Å². The first kappa shape index (κ1) is 26.3. The monoisotopic (exact) mass is 508 g/mol. The van der Waals surface area contributed by atoms with Gasteiger partial charge in [-0.15, -0.1) is 0 Å². The van der Waals surface area contributed by atoms with Gasteiger partial charge in [0.05, 0.1) is 0 Å². The Morgan fingerprint density at radius 3 is 2.57 bits per heavy atom. The Bertz CT molecular complexity index is 1250. The van der Waals surface area contributed by atoms with Crippen LogP contribution in [0.5, 0.6) is 0 Å². The summed E-state index contributed by atoms with van der Waals surface area (Å²) >= 11 is 0. The molecule has 0 spiro atoms. The first-order chi connectivity index (χ1) is 17.7. The lowest BCUT2D eigenvalue weighted by Crippen LogP contribution is -2.41. The lowest BCUT2D eigenvalue weighted by atomic mass is 9.88. The molecule has 7 nitrogen and oxygen atoms in total. The van der Waals surface area contributed by atoms with Crippen molar-refractivity contribution < 1.29 is 23.2 Å². The van der Waals surface area contributed by atoms with Crippen LogP contribution in [0.3, 0.4) is 0 Å². The molecule has 1 aliphatic heterocycles. The van der Waals surface area contributed by atoms with E-state index in [4.69, 9.17) is 0 Å². The van der Waals surface area contributed by atoms with Gasteiger partial charge in [0.2, 0.25) is 5.91 Å². The summed E-state index contributed by atoms with van der Waals surface area (Å²) in [4.78, 5) is 49.4. The second-order valence-electron chi connectivity index (χ2n) is 9.63. The van der Waals surface area contributed by atoms with E-state index in [0.717, 1.165) is 18.9 Å². The maximum atomic E-state index is 14.4. The standard InChI is InChI=1S/C28H30F2N4O3/c1-18-13-25(35)23(19(2)28(18)37)5-6-27(36)33-11-8-20(9-12-33)15-34(26-7-10-31-17-32-26)16-21-3-4-22(29)14-24(21)30/h3-4,7,10,13-14,17,20H,5-6,8-9,11-12,15-16H2,1-2H3. The number of halogens is 2. The van der Waals surface area contributed by atoms with Crippen molar-refractivity contribution in [1.29, 1.82) is 0 Å². The third-order valence-electron chi connectivity index (χ3n) is 7.10. The molecule has 0 unspecified atom stereocenters. The first-order valence-electron chi connectivity index (χ1n) is 12.4. The van der Waals surface area contributed by atoms with Gasteiger partial charge < -0.3 is 9.80 Å². The summed E-state index contributed by atoms with van der Waals surface area (Å²) in [6.07, 6.45) is 6.37. The third kappa shape index (κ3) is 6.34. The van der Waals surface area contributed by atoms with Gasteiger partial charge in [0, 0.05) is 67.1 Å². The normalized spacial score (nSPS) is 16.8. The number of aromatic nitrogens is 2. The van der Waals surface area contributed by atoms with E-state index in [1.54, 1.807) is 31.0 Å². The molecule has 37 heavy (non-hydrogen) atoms. The second-order valence-corrected chi connectivity index (χ2v) is 9.63. The van der Waals surface area contributed by atoms with E-state index in [2.05, 4.69) is 9.97 Å². The number of likely N-dealkylation sites (tertiary alicyclic amines) is 1. The fourth-order valence-corrected chi connectivity index (χ4v) is 4.91. The van der Waals surface area contributed by atoms with Gasteiger partial charge >= 0.3 is 0 Å². The van der Waals surface area contributed by atoms with E-state index in [1.807, 2.05) is 4.90 Å². The molecule has 0 radical (unpaired) electrons. The highest BCUT2D eigenvalue weighted by Crippen LogP contribution is 2.26. The molecular weight excluding hydrogens is 478 g/mol. The van der Waals surface area contributed by atoms with E-state index < -0.39 is 11.6 Å². The summed E-state index contributed by atoms with van der Waals surface area (Å²) in [6, 6.07) is 5.32. The maximum Gasteiger partial charge on any atom is 0.222 e. The van der Waals surface area contributed by atoms with Crippen LogP contribution in [-0.4, -0.2) is 52.0 Å². The van der Waals surface area contributed by atoms with Crippen molar-refractivity contribution in [2.75, 3.05) is 24.5 Å². The van der Waals surface area contributed by atoms with Crippen molar-refractivity contribution in [2.24, 2.45) is 5.92 Å². The zero-order valence-electron chi connectivity index (χ0n) is 21.0. The number of hydrogen-bond donors (Lipinski definition) is 0. The number of rotatable bonds is 8. The summed E-state index contributed by atoms with van der Waals surface area (Å²) in [7, 11) is 0. The predicted octanol–water partition coefficient (Wildman–Crippen LogP) is 4.19. The van der Waals surface area contributed by atoms with Crippen LogP contribution in [0.25, 0.3) is 0 Å². The smallest absolute Gasteiger partial charge is 0.222 e. The number of carbonyl (C=O) groups excluding carboxylic acids is 3. The largest absolute Gasteiger partial charge is 0.352 e. The van der Waals surface area contributed by atoms with Crippen LogP contribution in [0.1, 0.15) is 45.1 Å². The zero-order chi connectivity index (χ0) is 26.5. The van der Waals surface area contributed by atoms with Crippen LogP contribution >= 0.6 is 0 Å². The molecule has 0 bridgehead atoms. The number of nitrogens with zero attached hydrogens (tertiary/aromatic N) is 4. The number of Topliss-reactive ketones (excluding diaryl/α,β-unsaturated/α-hetero) is 1. The summed E-state index contributed by atoms with van der Waals surface area (Å²) < 4.78 is 27.7. The van der Waals surface area contributed by atoms with Crippen LogP contribution in [0.2, 0.25) is 0 Å². The van der Waals surface area contributed by atoms with Gasteiger partial charge in [0.25, 0.3) is 0 Å². The van der Waals surface area contributed by atoms with Crippen molar-refractivity contribution in [3.63, 3.8) is 0 Å². The number of hydrogen-bond acceptors (Lipinski definition) is 6. The van der Waals surface area contributed by atoms with Gasteiger partial charge in [0.1, 0.15) is 23.8 Å². The molecule has 0 N–H and O–H groups in total. The molecule has 1 fully saturated rings. The average molecular weight is 509 g/mol. The molecule has 1 amide bonds. The third-order valence-corrected chi connectivity index (χ3v) is 7.10. The van der Waals surface area contributed by atoms with Crippen LogP contribution in [0, 0.1) is 17.6 Å². The number of allylic oxidation sites excluding steroid dienone is 4. The quantitative estimate of drug-likeness (QED) is 0.497. The summed E-state index contributed by atoms with van der Waals surface area (Å²) in [5.74, 6) is -0.695. The molecule has 2 aliphatic rings. The molecule has 9 heteroatoms. The van der Waals surface area contributed by atoms with Crippen molar-refractivity contribution in [1.82, 2.24) is 14.9 Å². The average Bonchev–Trinajstić information content (AvgIpc) is 2.89. The fraction of sp³-hybridized carbons (Fsp3) is 0.393. The van der Waals surface area contributed by atoms with Gasteiger partial charge in [-0.3, -0.25) is 14.4 Å². The molecular formula is C28H30F2N4O3. The SMILES string of the molecule is CC1=CC(=O)C(CCC(=O)N2CCC(CN(Cc3ccc(F)cc3F)c3ccncn3)CC2)=C(C)C1=O. The highest BCUT2D eigenvalue weighted by atomic mass is 19.1. The van der Waals surface area contributed by atoms with E-state index in [0.29, 0.717) is 47.7 Å². The number of benzene rings is 1. The van der Waals surface area contributed by atoms with Gasteiger partial charge in [-0.25, -0.2) is 18.7 Å². The topological polar surface area (TPSA) is 83.5 Å². The Hall–Kier alpha value is -3.75. The molecule has 4 rings (SSSR count). The zero-order valence-corrected chi connectivity index (χ0v) is 21.0. The van der Waals surface area contributed by atoms with Crippen LogP contribution in [-0.2, 0) is 20.9 Å². The minimum atomic E-state index is -0.621. The molecule has 2 heterocycles. The Kier molecular flexibility index (Phi) is 8.21. The first-order valence-corrected chi connectivity index (χ1v) is 12.4. The van der Waals surface area contributed by atoms with Crippen molar-refractivity contribution in [3.05, 3.63) is 76.8 Å². The van der Waals surface area contributed by atoms with Gasteiger partial charge in [-0.2, -0.15) is 0 Å². The minimum absolute atomic E-state index is 0.0358. The number of amides is 1. The number of piperidine rings is 1. The molecule has 0 saturated carbocycles. The minimum Gasteiger partial charge on any atom is -0.352 e. The Balaban J connectivity index is 1.34. The van der Waals surface area contributed by atoms with E-state index >= 15 is 0 Å². The Morgan fingerprint density at radius 1 is 1.14 bits per heavy atom. The number of ketones is 2. The summed E-state index contributed by atoms with van der Waals surface area (Å²) in [6.45, 7) is 5.26. The molecule has 1 saturated heterocycles. The fourth-order valence-electron chi connectivity index (χ4n) is 4.91. The van der Waals surface area contributed by atoms with E-state index in [1.165, 1.54) is 24.5 Å². The Labute approximate surface area is 214 Å². The van der Waals surface area contributed by atoms with Crippen LogP contribution in [0.15, 0.2) is 59.6 Å². The molecule has 1 aromatic heterocycles. The second kappa shape index (κ2) is 11.5.